The Balaban J connectivity index is 1.60. The lowest BCUT2D eigenvalue weighted by Crippen LogP contribution is -2.39. The van der Waals surface area contributed by atoms with Gasteiger partial charge in [-0.2, -0.15) is 0 Å². The van der Waals surface area contributed by atoms with Crippen molar-refractivity contribution < 1.29 is 14.7 Å². The zero-order chi connectivity index (χ0) is 13.7. The zero-order valence-electron chi connectivity index (χ0n) is 11.4. The third-order valence-corrected chi connectivity index (χ3v) is 4.31. The van der Waals surface area contributed by atoms with Gasteiger partial charge in [0.2, 0.25) is 5.91 Å². The highest BCUT2D eigenvalue weighted by molar-refractivity contribution is 5.76. The van der Waals surface area contributed by atoms with E-state index in [0.29, 0.717) is 25.3 Å². The average molecular weight is 268 g/mol. The van der Waals surface area contributed by atoms with Crippen LogP contribution in [0.3, 0.4) is 0 Å². The molecule has 5 heteroatoms. The maximum absolute atomic E-state index is 11.8. The van der Waals surface area contributed by atoms with Gasteiger partial charge in [-0.1, -0.05) is 12.8 Å². The molecule has 1 aliphatic heterocycles. The summed E-state index contributed by atoms with van der Waals surface area (Å²) in [7, 11) is 0. The van der Waals surface area contributed by atoms with Gasteiger partial charge in [-0.3, -0.25) is 9.59 Å². The molecule has 0 bridgehead atoms. The van der Waals surface area contributed by atoms with E-state index in [1.807, 2.05) is 0 Å². The van der Waals surface area contributed by atoms with E-state index in [4.69, 9.17) is 5.11 Å². The van der Waals surface area contributed by atoms with E-state index in [2.05, 4.69) is 10.2 Å². The molecule has 2 rings (SSSR count). The Morgan fingerprint density at radius 3 is 2.32 bits per heavy atom. The van der Waals surface area contributed by atoms with E-state index in [0.717, 1.165) is 32.5 Å². The van der Waals surface area contributed by atoms with E-state index < -0.39 is 5.97 Å². The molecule has 0 spiro atoms. The molecular weight excluding hydrogens is 244 g/mol. The first-order chi connectivity index (χ1) is 9.15. The second kappa shape index (κ2) is 6.89. The number of carbonyl (C=O) groups excluding carboxylic acids is 1. The molecule has 2 N–H and O–H groups in total. The van der Waals surface area contributed by atoms with Gasteiger partial charge in [0.15, 0.2) is 0 Å². The van der Waals surface area contributed by atoms with Crippen molar-refractivity contribution in [1.82, 2.24) is 10.2 Å². The molecule has 0 aromatic carbocycles. The van der Waals surface area contributed by atoms with Crippen LogP contribution >= 0.6 is 0 Å². The smallest absolute Gasteiger partial charge is 0.306 e. The van der Waals surface area contributed by atoms with E-state index in [-0.39, 0.29) is 11.8 Å². The second-order valence-corrected chi connectivity index (χ2v) is 5.75. The minimum Gasteiger partial charge on any atom is -0.481 e. The second-order valence-electron chi connectivity index (χ2n) is 5.75. The maximum Gasteiger partial charge on any atom is 0.306 e. The van der Waals surface area contributed by atoms with Gasteiger partial charge in [0.05, 0.1) is 5.92 Å². The molecule has 2 aliphatic rings. The molecule has 19 heavy (non-hydrogen) atoms. The summed E-state index contributed by atoms with van der Waals surface area (Å²) in [5, 5.41) is 12.0. The summed E-state index contributed by atoms with van der Waals surface area (Å²) >= 11 is 0. The predicted molar refractivity (Wildman–Crippen MR) is 71.8 cm³/mol. The number of piperidine rings is 1. The van der Waals surface area contributed by atoms with E-state index in [1.54, 1.807) is 0 Å². The van der Waals surface area contributed by atoms with Crippen LogP contribution in [0.15, 0.2) is 0 Å². The number of carbonyl (C=O) groups is 2. The third-order valence-electron chi connectivity index (χ3n) is 4.31. The molecule has 1 heterocycles. The molecule has 0 unspecified atom stereocenters. The van der Waals surface area contributed by atoms with Crippen LogP contribution in [-0.2, 0) is 9.59 Å². The van der Waals surface area contributed by atoms with Crippen LogP contribution < -0.4 is 5.32 Å². The van der Waals surface area contributed by atoms with E-state index in [1.165, 1.54) is 12.8 Å². The van der Waals surface area contributed by atoms with E-state index >= 15 is 0 Å². The first-order valence-corrected chi connectivity index (χ1v) is 7.39. The molecule has 5 nitrogen and oxygen atoms in total. The molecule has 0 aromatic rings. The molecule has 1 amide bonds. The fourth-order valence-corrected chi connectivity index (χ4v) is 3.03. The highest BCUT2D eigenvalue weighted by atomic mass is 16.4. The normalized spacial score (nSPS) is 22.5. The van der Waals surface area contributed by atoms with Crippen LogP contribution in [0.4, 0.5) is 0 Å². The Morgan fingerprint density at radius 2 is 1.74 bits per heavy atom. The summed E-state index contributed by atoms with van der Waals surface area (Å²) in [5.74, 6) is -0.727. The van der Waals surface area contributed by atoms with E-state index in [9.17, 15) is 9.59 Å². The lowest BCUT2D eigenvalue weighted by atomic mass is 9.97. The first kappa shape index (κ1) is 14.3. The summed E-state index contributed by atoms with van der Waals surface area (Å²) in [6, 6.07) is 0.394. The molecule has 1 saturated carbocycles. The number of hydrogen-bond acceptors (Lipinski definition) is 3. The van der Waals surface area contributed by atoms with Crippen molar-refractivity contribution in [2.24, 2.45) is 5.92 Å². The van der Waals surface area contributed by atoms with Gasteiger partial charge in [0.25, 0.3) is 0 Å². The number of rotatable bonds is 5. The van der Waals surface area contributed by atoms with Gasteiger partial charge in [-0.25, -0.2) is 0 Å². The van der Waals surface area contributed by atoms with Crippen LogP contribution in [0.25, 0.3) is 0 Å². The van der Waals surface area contributed by atoms with Crippen molar-refractivity contribution >= 4 is 11.9 Å². The Labute approximate surface area is 114 Å². The van der Waals surface area contributed by atoms with Crippen molar-refractivity contribution in [3.05, 3.63) is 0 Å². The summed E-state index contributed by atoms with van der Waals surface area (Å²) < 4.78 is 0. The fourth-order valence-electron chi connectivity index (χ4n) is 3.03. The highest BCUT2D eigenvalue weighted by Gasteiger charge is 2.24. The maximum atomic E-state index is 11.8. The number of likely N-dealkylation sites (tertiary alicyclic amines) is 1. The number of aliphatic carboxylic acids is 1. The molecule has 108 valence electrons. The largest absolute Gasteiger partial charge is 0.481 e. The summed E-state index contributed by atoms with van der Waals surface area (Å²) in [6.07, 6.45) is 6.65. The number of carboxylic acids is 1. The lowest BCUT2D eigenvalue weighted by Gasteiger charge is -2.29. The van der Waals surface area contributed by atoms with Gasteiger partial charge in [-0.05, 0) is 38.8 Å². The van der Waals surface area contributed by atoms with Gasteiger partial charge < -0.3 is 15.3 Å². The summed E-state index contributed by atoms with van der Waals surface area (Å²) in [6.45, 7) is 2.35. The lowest BCUT2D eigenvalue weighted by molar-refractivity contribution is -0.143. The Kier molecular flexibility index (Phi) is 5.19. The van der Waals surface area contributed by atoms with Crippen molar-refractivity contribution in [2.45, 2.75) is 51.0 Å². The van der Waals surface area contributed by atoms with Crippen LogP contribution in [0.1, 0.15) is 44.9 Å². The third kappa shape index (κ3) is 4.49. The van der Waals surface area contributed by atoms with Crippen LogP contribution in [-0.4, -0.2) is 47.6 Å². The standard InChI is InChI=1S/C14H24N2O3/c17-13(15-12-3-1-2-4-12)7-10-16-8-5-11(6-9-16)14(18)19/h11-12H,1-10H2,(H,15,17)(H,18,19). The molecule has 0 atom stereocenters. The van der Waals surface area contributed by atoms with Gasteiger partial charge >= 0.3 is 5.97 Å². The SMILES string of the molecule is O=C(CCN1CCC(C(=O)O)CC1)NC1CCCC1. The number of hydrogen-bond donors (Lipinski definition) is 2. The fraction of sp³-hybridized carbons (Fsp3) is 0.857. The van der Waals surface area contributed by atoms with Crippen molar-refractivity contribution in [3.63, 3.8) is 0 Å². The Bertz CT molecular complexity index is 319. The number of nitrogens with one attached hydrogen (secondary N) is 1. The Morgan fingerprint density at radius 1 is 1.11 bits per heavy atom. The molecule has 2 fully saturated rings. The van der Waals surface area contributed by atoms with Crippen molar-refractivity contribution in [1.29, 1.82) is 0 Å². The highest BCUT2D eigenvalue weighted by Crippen LogP contribution is 2.19. The van der Waals surface area contributed by atoms with Crippen LogP contribution in [0, 0.1) is 5.92 Å². The topological polar surface area (TPSA) is 69.6 Å². The quantitative estimate of drug-likeness (QED) is 0.787. The predicted octanol–water partition coefficient (Wildman–Crippen LogP) is 1.23. The number of carboxylic acid groups (broad SMARTS) is 1. The summed E-state index contributed by atoms with van der Waals surface area (Å²) in [4.78, 5) is 24.8. The minimum absolute atomic E-state index is 0.146. The van der Waals surface area contributed by atoms with Crippen molar-refractivity contribution in [2.75, 3.05) is 19.6 Å². The molecule has 1 aliphatic carbocycles. The van der Waals surface area contributed by atoms with Crippen molar-refractivity contribution in [3.8, 4) is 0 Å². The first-order valence-electron chi connectivity index (χ1n) is 7.39. The Hall–Kier alpha value is -1.10. The van der Waals surface area contributed by atoms with Gasteiger partial charge in [-0.15, -0.1) is 0 Å². The molecule has 1 saturated heterocycles. The average Bonchev–Trinajstić information content (AvgIpc) is 2.89. The zero-order valence-corrected chi connectivity index (χ0v) is 11.4. The van der Waals surface area contributed by atoms with Crippen LogP contribution in [0.2, 0.25) is 0 Å². The molecular formula is C14H24N2O3. The summed E-state index contributed by atoms with van der Waals surface area (Å²) in [5.41, 5.74) is 0. The number of nitrogens with zero attached hydrogens (tertiary/aromatic N) is 1. The molecule has 0 aromatic heterocycles. The minimum atomic E-state index is -0.682. The monoisotopic (exact) mass is 268 g/mol. The van der Waals surface area contributed by atoms with Gasteiger partial charge in [0, 0.05) is 19.0 Å². The van der Waals surface area contributed by atoms with Gasteiger partial charge in [0.1, 0.15) is 0 Å². The number of amides is 1. The molecule has 0 radical (unpaired) electrons. The van der Waals surface area contributed by atoms with Crippen LogP contribution in [0.5, 0.6) is 0 Å².